The Labute approximate surface area is 819 Å². The molecule has 9 aliphatic rings. The Morgan fingerprint density at radius 1 is 0.393 bits per heavy atom. The fourth-order valence-electron chi connectivity index (χ4n) is 19.6. The van der Waals surface area contributed by atoms with Gasteiger partial charge in [-0.25, -0.2) is 89.5 Å². The fourth-order valence-corrected chi connectivity index (χ4v) is 19.6. The van der Waals surface area contributed by atoms with E-state index in [2.05, 4.69) is 45.9 Å². The van der Waals surface area contributed by atoms with Crippen LogP contribution in [0.15, 0.2) is 54.6 Å². The number of fused-ring (bicyclic) bond motifs is 15. The molecule has 24 atom stereocenters. The smallest absolute Gasteiger partial charge is 0.408 e. The molecule has 3 radical (unpaired) electrons. The Morgan fingerprint density at radius 3 is 1.04 bits per heavy atom. The Kier molecular flexibility index (Phi) is 35.6. The molecule has 3 aromatic carbocycles. The van der Waals surface area contributed by atoms with Crippen LogP contribution < -0.4 is 44.4 Å². The van der Waals surface area contributed by atoms with Crippen molar-refractivity contribution in [1.29, 1.82) is 0 Å². The average molecular weight is 2000 g/mol. The summed E-state index contributed by atoms with van der Waals surface area (Å²) < 4.78 is 146. The number of carbonyl (C=O) groups excluding carboxylic acids is 9. The van der Waals surface area contributed by atoms with E-state index in [4.69, 9.17) is 42.6 Å². The SMILES string of the molecule is COc1ccc2nc3c(nc2c1)O[C@H]1CN(C(=O)[C@H](C(C)(C)C)NC(=O)O[C@@H]2CCC[C@H]2CCCC(F)C3F)[C@H]([C-]=O)[C@@H]1C.COc1ccc2nc3c(nc2c1)O[C@H]1CN(C(=O)[C@H](C(C)(C)C)NC(=O)O[C@]2(C)CCC[C@H]2CCCC(F)C3F)[C@H]([C-]=O)[C@@H]1C.COc1ccc2nc3c(nc2c1)O[C@H]1CN(C(=O)[C@H](C(C)(C)C)NC(=O)O[C@]2(C)C[C@H]2CCCC(F)C3F)[C@H]([C-]=O)[C@@H]1C.[V].[V].[V]. The summed E-state index contributed by atoms with van der Waals surface area (Å²) in [6.07, 6.45) is -3.62. The zero-order valence-electron chi connectivity index (χ0n) is 79.3. The normalized spacial score (nSPS) is 32.2. The molecule has 3 saturated carbocycles. The number of nitrogens with zero attached hydrogens (tertiary/aromatic N) is 9. The van der Waals surface area contributed by atoms with Crippen molar-refractivity contribution >= 4 is 88.0 Å². The van der Waals surface area contributed by atoms with Gasteiger partial charge in [-0.05, 0) is 180 Å². The van der Waals surface area contributed by atoms with E-state index in [1.807, 2.05) is 67.3 Å². The molecule has 6 fully saturated rings. The van der Waals surface area contributed by atoms with E-state index in [1.165, 1.54) is 36.0 Å². The van der Waals surface area contributed by atoms with Gasteiger partial charge in [-0.2, -0.15) is 0 Å². The monoisotopic (exact) mass is 2000 g/mol. The van der Waals surface area contributed by atoms with Crippen LogP contribution in [0.1, 0.15) is 235 Å². The van der Waals surface area contributed by atoms with Gasteiger partial charge in [0.05, 0.1) is 74.1 Å². The van der Waals surface area contributed by atoms with Gasteiger partial charge in [-0.15, -0.1) is 0 Å². The van der Waals surface area contributed by atoms with Crippen LogP contribution in [-0.4, -0.2) is 231 Å². The van der Waals surface area contributed by atoms with Crippen LogP contribution in [0, 0.1) is 51.8 Å². The van der Waals surface area contributed by atoms with Gasteiger partial charge in [0.2, 0.25) is 35.4 Å². The number of carbonyl (C=O) groups is 6. The molecule has 30 nitrogen and oxygen atoms in total. The number of alkyl halides is 6. The molecule has 3 aliphatic carbocycles. The number of rotatable bonds is 6. The third kappa shape index (κ3) is 24.1. The zero-order valence-corrected chi connectivity index (χ0v) is 83.5. The summed E-state index contributed by atoms with van der Waals surface area (Å²) in [7, 11) is 4.50. The Balaban J connectivity index is 0.000000207. The van der Waals surface area contributed by atoms with E-state index >= 15 is 26.3 Å². The van der Waals surface area contributed by atoms with Gasteiger partial charge in [-0.1, -0.05) is 120 Å². The van der Waals surface area contributed by atoms with Crippen molar-refractivity contribution in [1.82, 2.24) is 60.6 Å². The molecule has 15 rings (SSSR count). The largest absolute Gasteiger partial charge is 0.540 e. The molecular formula is C96H123F6N12O18V3-3. The standard InChI is InChI=1S/C33H43F2N4O6.C32H41F2N4O6.C31H39F2N4O6.3V/c1-18-24(17-40)39-16-25(18)44-29-27(36-22-13-12-20(43-6)15-23(22)37-29)26(35)21(34)11-7-9-19-10-8-14-33(19,5)45-31(42)38-28(30(39)41)32(2,3)4;1-17-23(16-39)38-15-25(17)43-29-27(35-21-13-12-19(42-5)14-22(21)36-29)26(34)20(33)10-6-8-18-9-7-11-24(18)44-31(41)37-28(30(38)40)32(2,3)4;1-16-22(15-38)37-14-23(16)42-27-25(34-20-11-10-18(41-6)12-21(20)35-27)24(33)19(32)9-7-8-17-13-31(17,5)43-29(40)36-26(28(37)39)30(2,3)4;;;/h12-13,15,18-19,21,24-26,28H,7-11,14,16H2,1-6H3,(H,38,42);12-14,17-18,20,23-26,28H,6-11,15H2,1-5H3,(H,37,41);10-12,16-17,19,22-24,26H,7-9,13-14H2,1-6H3,(H,36,40);;;/q3*-1;;;/t18-,19+,21?,24+,25-,26?,28+,33+;17-,18+,20?,23+,24+,25-,26?,28+;16-,17+,19?,22+,23-,24?,26+,31+;;;/m000.../s1. The van der Waals surface area contributed by atoms with Crippen LogP contribution in [0.3, 0.4) is 0 Å². The maximum Gasteiger partial charge on any atom is 0.408 e. The van der Waals surface area contributed by atoms with Gasteiger partial charge in [0.1, 0.15) is 107 Å². The van der Waals surface area contributed by atoms with Gasteiger partial charge in [0.25, 0.3) is 0 Å². The second kappa shape index (κ2) is 44.5. The summed E-state index contributed by atoms with van der Waals surface area (Å²) in [6, 6.07) is 8.54. The quantitative estimate of drug-likeness (QED) is 0.0792. The van der Waals surface area contributed by atoms with Crippen molar-refractivity contribution in [3.05, 3.63) is 71.7 Å². The number of hydrogen-bond donors (Lipinski definition) is 3. The van der Waals surface area contributed by atoms with Crippen LogP contribution in [0.2, 0.25) is 0 Å². The molecule has 0 spiro atoms. The average Bonchev–Trinajstić information content (AvgIpc) is 1.63. The summed E-state index contributed by atoms with van der Waals surface area (Å²) >= 11 is 0. The summed E-state index contributed by atoms with van der Waals surface area (Å²) in [4.78, 5) is 149. The molecule has 135 heavy (non-hydrogen) atoms. The summed E-state index contributed by atoms with van der Waals surface area (Å²) in [5.74, 6) is -2.47. The molecule has 3 aromatic heterocycles. The predicted octanol–water partition coefficient (Wildman–Crippen LogP) is 15.5. The van der Waals surface area contributed by atoms with Gasteiger partial charge >= 0.3 is 18.3 Å². The molecule has 6 aromatic rings. The van der Waals surface area contributed by atoms with E-state index in [0.717, 1.165) is 25.7 Å². The third-order valence-corrected chi connectivity index (χ3v) is 27.9. The maximum absolute atomic E-state index is 16.0. The summed E-state index contributed by atoms with van der Waals surface area (Å²) in [5, 5.41) is 8.27. The van der Waals surface area contributed by atoms with Crippen LogP contribution in [-0.2, 0) is 98.6 Å². The Morgan fingerprint density at radius 2 is 0.704 bits per heavy atom. The second-order valence-electron chi connectivity index (χ2n) is 40.4. The van der Waals surface area contributed by atoms with Crippen molar-refractivity contribution in [2.24, 2.45) is 51.8 Å². The first-order valence-corrected chi connectivity index (χ1v) is 45.8. The van der Waals surface area contributed by atoms with E-state index in [9.17, 15) is 43.2 Å². The molecular weight excluding hydrogens is 1880 g/mol. The number of aromatic nitrogens is 6. The van der Waals surface area contributed by atoms with Gasteiger partial charge in [0.15, 0.2) is 18.5 Å². The summed E-state index contributed by atoms with van der Waals surface area (Å²) in [6.45, 7) is 24.9. The summed E-state index contributed by atoms with van der Waals surface area (Å²) in [5.41, 5.74) is -2.54. The number of alkyl carbamates (subject to hydrolysis) is 3. The van der Waals surface area contributed by atoms with Crippen molar-refractivity contribution < 1.29 is 168 Å². The first kappa shape index (κ1) is 108. The van der Waals surface area contributed by atoms with Gasteiger partial charge in [-0.3, -0.25) is 14.4 Å². The van der Waals surface area contributed by atoms with E-state index in [1.54, 1.807) is 103 Å². The number of amides is 6. The molecule has 9 heterocycles. The van der Waals surface area contributed by atoms with Crippen LogP contribution in [0.4, 0.5) is 40.7 Å². The van der Waals surface area contributed by atoms with Crippen molar-refractivity contribution in [2.45, 2.75) is 309 Å². The number of nitrogens with one attached hydrogen (secondary N) is 3. The van der Waals surface area contributed by atoms with Gasteiger partial charge < -0.3 is 87.7 Å². The first-order valence-electron chi connectivity index (χ1n) is 45.8. The third-order valence-electron chi connectivity index (χ3n) is 27.9. The fraction of sp³-hybridized carbons (Fsp3) is 0.656. The molecule has 3 saturated heterocycles. The molecule has 735 valence electrons. The number of benzene rings is 3. The first-order chi connectivity index (χ1) is 62.4. The maximum atomic E-state index is 16.0. The van der Waals surface area contributed by atoms with E-state index in [-0.39, 0.29) is 153 Å². The molecule has 6 unspecified atom stereocenters. The predicted molar refractivity (Wildman–Crippen MR) is 472 cm³/mol. The van der Waals surface area contributed by atoms with Crippen LogP contribution in [0.5, 0.6) is 34.9 Å². The van der Waals surface area contributed by atoms with Gasteiger partial charge in [0, 0.05) is 79.8 Å². The van der Waals surface area contributed by atoms with Crippen molar-refractivity contribution in [2.75, 3.05) is 41.0 Å². The van der Waals surface area contributed by atoms with Crippen LogP contribution >= 0.6 is 0 Å². The van der Waals surface area contributed by atoms with Crippen LogP contribution in [0.25, 0.3) is 33.1 Å². The molecule has 6 amide bonds. The van der Waals surface area contributed by atoms with Crippen molar-refractivity contribution in [3.8, 4) is 34.9 Å². The topological polar surface area (TPSA) is 360 Å². The minimum Gasteiger partial charge on any atom is -0.540 e. The molecule has 3 N–H and O–H groups in total. The van der Waals surface area contributed by atoms with E-state index in [0.29, 0.717) is 108 Å². The molecule has 6 aliphatic heterocycles. The van der Waals surface area contributed by atoms with Crippen molar-refractivity contribution in [3.63, 3.8) is 0 Å². The molecule has 39 heteroatoms. The zero-order chi connectivity index (χ0) is 95.7. The minimum atomic E-state index is -2.14. The number of methoxy groups -OCH3 is 3. The second-order valence-corrected chi connectivity index (χ2v) is 40.4. The Hall–Kier alpha value is -8.96. The van der Waals surface area contributed by atoms with E-state index < -0.39 is 173 Å². The Bertz CT molecular complexity index is 5240. The number of halogens is 6. The molecule has 6 bridgehead atoms. The minimum absolute atomic E-state index is 0. The number of hydrogen-bond acceptors (Lipinski definition) is 24. The number of ether oxygens (including phenoxy) is 9.